The molecule has 0 bridgehead atoms. The number of fused-ring (bicyclic) bond motifs is 1. The lowest BCUT2D eigenvalue weighted by atomic mass is 9.90. The second-order valence-corrected chi connectivity index (χ2v) is 6.13. The van der Waals surface area contributed by atoms with Crippen LogP contribution in [-0.2, 0) is 17.5 Å². The molecule has 0 fully saturated rings. The van der Waals surface area contributed by atoms with Crippen LogP contribution in [0.25, 0.3) is 5.65 Å². The van der Waals surface area contributed by atoms with E-state index in [1.165, 1.54) is 20.8 Å². The number of alkyl halides is 8. The van der Waals surface area contributed by atoms with Gasteiger partial charge >= 0.3 is 18.3 Å². The minimum atomic E-state index is -5.93. The molecule has 0 aliphatic carbocycles. The van der Waals surface area contributed by atoms with Crippen molar-refractivity contribution in [1.82, 2.24) is 14.4 Å². The van der Waals surface area contributed by atoms with Gasteiger partial charge in [0.15, 0.2) is 5.69 Å². The Morgan fingerprint density at radius 2 is 1.46 bits per heavy atom. The van der Waals surface area contributed by atoms with E-state index < -0.39 is 46.4 Å². The SMILES string of the molecule is CC(C)(C)c1nc2cc(C(F)(F)C(F)(F)F)ncn2c1C(F)(F)F. The Morgan fingerprint density at radius 1 is 0.917 bits per heavy atom. The lowest BCUT2D eigenvalue weighted by Crippen LogP contribution is -2.34. The molecule has 0 atom stereocenters. The molecule has 2 rings (SSSR count). The highest BCUT2D eigenvalue weighted by molar-refractivity contribution is 5.47. The molecule has 0 aromatic carbocycles. The van der Waals surface area contributed by atoms with Gasteiger partial charge in [-0.05, 0) is 0 Å². The van der Waals surface area contributed by atoms with Crippen LogP contribution in [0.2, 0.25) is 0 Å². The molecule has 0 aliphatic heterocycles. The summed E-state index contributed by atoms with van der Waals surface area (Å²) in [7, 11) is 0. The van der Waals surface area contributed by atoms with Gasteiger partial charge in [-0.2, -0.15) is 35.1 Å². The first-order valence-electron chi connectivity index (χ1n) is 6.47. The van der Waals surface area contributed by atoms with Gasteiger partial charge in [-0.3, -0.25) is 4.40 Å². The molecule has 0 spiro atoms. The summed E-state index contributed by atoms with van der Waals surface area (Å²) in [6, 6.07) is 0.206. The van der Waals surface area contributed by atoms with Crippen molar-refractivity contribution in [2.45, 2.75) is 44.5 Å². The fourth-order valence-electron chi connectivity index (χ4n) is 2.06. The molecule has 0 unspecified atom stereocenters. The predicted molar refractivity (Wildman–Crippen MR) is 66.6 cm³/mol. The molecule has 0 aliphatic rings. The van der Waals surface area contributed by atoms with E-state index in [0.29, 0.717) is 4.40 Å². The van der Waals surface area contributed by atoms with Crippen LogP contribution in [0.1, 0.15) is 37.9 Å². The van der Waals surface area contributed by atoms with E-state index in [-0.39, 0.29) is 12.4 Å². The number of hydrogen-bond donors (Lipinski definition) is 0. The van der Waals surface area contributed by atoms with Gasteiger partial charge in [-0.1, -0.05) is 20.8 Å². The quantitative estimate of drug-likeness (QED) is 0.690. The number of rotatable bonds is 1. The molecule has 0 radical (unpaired) electrons. The van der Waals surface area contributed by atoms with Gasteiger partial charge in [0, 0.05) is 11.5 Å². The van der Waals surface area contributed by atoms with E-state index in [2.05, 4.69) is 9.97 Å². The van der Waals surface area contributed by atoms with Crippen LogP contribution in [0.15, 0.2) is 12.4 Å². The van der Waals surface area contributed by atoms with Crippen LogP contribution >= 0.6 is 0 Å². The van der Waals surface area contributed by atoms with Gasteiger partial charge in [0.05, 0.1) is 5.69 Å². The zero-order valence-corrected chi connectivity index (χ0v) is 12.5. The van der Waals surface area contributed by atoms with Gasteiger partial charge in [0.1, 0.15) is 17.7 Å². The summed E-state index contributed by atoms with van der Waals surface area (Å²) >= 11 is 0. The Kier molecular flexibility index (Phi) is 3.85. The Bertz CT molecular complexity index is 764. The van der Waals surface area contributed by atoms with E-state index in [4.69, 9.17) is 0 Å². The minimum absolute atomic E-state index is 0.206. The van der Waals surface area contributed by atoms with Crippen LogP contribution in [-0.4, -0.2) is 20.5 Å². The monoisotopic (exact) mass is 361 g/mol. The van der Waals surface area contributed by atoms with E-state index >= 15 is 0 Å². The van der Waals surface area contributed by atoms with Crippen molar-refractivity contribution < 1.29 is 35.1 Å². The summed E-state index contributed by atoms with van der Waals surface area (Å²) < 4.78 is 104. The van der Waals surface area contributed by atoms with Crippen LogP contribution < -0.4 is 0 Å². The summed E-state index contributed by atoms with van der Waals surface area (Å²) in [6.07, 6.45) is -10.5. The van der Waals surface area contributed by atoms with Crippen molar-refractivity contribution in [3.05, 3.63) is 29.5 Å². The largest absolute Gasteiger partial charge is 0.459 e. The molecular weight excluding hydrogens is 350 g/mol. The maximum atomic E-state index is 13.3. The normalized spacial score (nSPS) is 14.5. The summed E-state index contributed by atoms with van der Waals surface area (Å²) in [5.41, 5.74) is -5.28. The van der Waals surface area contributed by atoms with Crippen LogP contribution in [0.3, 0.4) is 0 Å². The molecule has 24 heavy (non-hydrogen) atoms. The van der Waals surface area contributed by atoms with Crippen LogP contribution in [0.5, 0.6) is 0 Å². The van der Waals surface area contributed by atoms with Crippen molar-refractivity contribution >= 4 is 5.65 Å². The molecule has 2 heterocycles. The van der Waals surface area contributed by atoms with Crippen molar-refractivity contribution in [2.75, 3.05) is 0 Å². The number of imidazole rings is 1. The van der Waals surface area contributed by atoms with Crippen molar-refractivity contribution in [2.24, 2.45) is 0 Å². The second kappa shape index (κ2) is 5.03. The Labute approximate surface area is 130 Å². The first kappa shape index (κ1) is 18.4. The summed E-state index contributed by atoms with van der Waals surface area (Å²) in [5.74, 6) is -5.30. The highest BCUT2D eigenvalue weighted by atomic mass is 19.4. The van der Waals surface area contributed by atoms with E-state index in [0.717, 1.165) is 0 Å². The Hall–Kier alpha value is -1.94. The highest BCUT2D eigenvalue weighted by Crippen LogP contribution is 2.44. The van der Waals surface area contributed by atoms with E-state index in [9.17, 15) is 35.1 Å². The summed E-state index contributed by atoms with van der Waals surface area (Å²) in [4.78, 5) is 6.48. The van der Waals surface area contributed by atoms with Gasteiger partial charge in [-0.15, -0.1) is 0 Å². The summed E-state index contributed by atoms with van der Waals surface area (Å²) in [6.45, 7) is 4.22. The number of nitrogens with zero attached hydrogens (tertiary/aromatic N) is 3. The van der Waals surface area contributed by atoms with Gasteiger partial charge in [-0.25, -0.2) is 9.97 Å². The average Bonchev–Trinajstić information content (AvgIpc) is 2.75. The van der Waals surface area contributed by atoms with Crippen LogP contribution in [0.4, 0.5) is 35.1 Å². The van der Waals surface area contributed by atoms with Crippen molar-refractivity contribution in [1.29, 1.82) is 0 Å². The molecule has 0 N–H and O–H groups in total. The molecular formula is C13H11F8N3. The van der Waals surface area contributed by atoms with Crippen LogP contribution in [0, 0.1) is 0 Å². The molecule has 2 aromatic heterocycles. The zero-order chi connectivity index (χ0) is 18.7. The third-order valence-electron chi connectivity index (χ3n) is 3.17. The molecule has 0 amide bonds. The first-order valence-corrected chi connectivity index (χ1v) is 6.47. The second-order valence-electron chi connectivity index (χ2n) is 6.13. The zero-order valence-electron chi connectivity index (χ0n) is 12.5. The van der Waals surface area contributed by atoms with Gasteiger partial charge in [0.2, 0.25) is 0 Å². The topological polar surface area (TPSA) is 30.2 Å². The van der Waals surface area contributed by atoms with E-state index in [1.807, 2.05) is 0 Å². The number of halogens is 8. The molecule has 134 valence electrons. The van der Waals surface area contributed by atoms with Crippen molar-refractivity contribution in [3.8, 4) is 0 Å². The Morgan fingerprint density at radius 3 is 1.88 bits per heavy atom. The fraction of sp³-hybridized carbons (Fsp3) is 0.538. The number of hydrogen-bond acceptors (Lipinski definition) is 2. The molecule has 11 heteroatoms. The maximum Gasteiger partial charge on any atom is 0.459 e. The molecule has 3 nitrogen and oxygen atoms in total. The lowest BCUT2D eigenvalue weighted by molar-refractivity contribution is -0.290. The van der Waals surface area contributed by atoms with Crippen molar-refractivity contribution in [3.63, 3.8) is 0 Å². The third kappa shape index (κ3) is 2.91. The van der Waals surface area contributed by atoms with E-state index in [1.54, 1.807) is 0 Å². The van der Waals surface area contributed by atoms with Gasteiger partial charge < -0.3 is 0 Å². The average molecular weight is 361 g/mol. The minimum Gasteiger partial charge on any atom is -0.279 e. The third-order valence-corrected chi connectivity index (χ3v) is 3.17. The lowest BCUT2D eigenvalue weighted by Gasteiger charge is -2.19. The van der Waals surface area contributed by atoms with Gasteiger partial charge in [0.25, 0.3) is 0 Å². The standard InChI is InChI=1S/C13H11F8N3/c1-10(2,3)8-9(12(16,17)18)24-5-22-6(4-7(24)23-8)11(14,15)13(19,20)21/h4-5H,1-3H3. The molecule has 0 saturated heterocycles. The predicted octanol–water partition coefficient (Wildman–Crippen LogP) is 4.70. The Balaban J connectivity index is 2.77. The molecule has 2 aromatic rings. The maximum absolute atomic E-state index is 13.3. The fourth-order valence-corrected chi connectivity index (χ4v) is 2.06. The molecule has 0 saturated carbocycles. The summed E-state index contributed by atoms with van der Waals surface area (Å²) in [5, 5.41) is 0. The highest BCUT2D eigenvalue weighted by Gasteiger charge is 2.60. The smallest absolute Gasteiger partial charge is 0.279 e. The number of aromatic nitrogens is 3. The first-order chi connectivity index (χ1) is 10.6.